The molecular weight excluding hydrogens is 206 g/mol. The topological polar surface area (TPSA) is 67.2 Å². The van der Waals surface area contributed by atoms with Gasteiger partial charge in [0, 0.05) is 25.1 Å². The predicted molar refractivity (Wildman–Crippen MR) is 58.7 cm³/mol. The third-order valence-corrected chi connectivity index (χ3v) is 2.45. The zero-order chi connectivity index (χ0) is 11.4. The van der Waals surface area contributed by atoms with E-state index in [1.54, 1.807) is 0 Å². The molecule has 0 spiro atoms. The van der Waals surface area contributed by atoms with Crippen molar-refractivity contribution >= 4 is 5.91 Å². The molecule has 0 aliphatic heterocycles. The van der Waals surface area contributed by atoms with E-state index in [1.807, 2.05) is 13.0 Å². The molecule has 1 aliphatic carbocycles. The van der Waals surface area contributed by atoms with Crippen LogP contribution in [0.15, 0.2) is 10.6 Å². The van der Waals surface area contributed by atoms with Crippen LogP contribution in [0, 0.1) is 6.92 Å². The van der Waals surface area contributed by atoms with Crippen molar-refractivity contribution in [3.63, 3.8) is 0 Å². The molecule has 0 aromatic carbocycles. The van der Waals surface area contributed by atoms with Gasteiger partial charge in [-0.2, -0.15) is 0 Å². The third-order valence-electron chi connectivity index (χ3n) is 2.45. The van der Waals surface area contributed by atoms with Gasteiger partial charge in [0.2, 0.25) is 5.91 Å². The molecule has 1 heterocycles. The van der Waals surface area contributed by atoms with Crippen LogP contribution in [0.25, 0.3) is 0 Å². The molecule has 1 aliphatic rings. The molecule has 88 valence electrons. The number of nitrogens with one attached hydrogen (secondary N) is 2. The summed E-state index contributed by atoms with van der Waals surface area (Å²) in [4.78, 5) is 11.3. The second kappa shape index (κ2) is 5.12. The standard InChI is InChI=1S/C11H17N3O2/c1-8-6-10(16-14-8)7-12-5-4-11(15)13-9-2-3-9/h6,9,12H,2-5,7H2,1H3,(H,13,15). The summed E-state index contributed by atoms with van der Waals surface area (Å²) in [5, 5.41) is 9.87. The molecule has 1 amide bonds. The van der Waals surface area contributed by atoms with Gasteiger partial charge in [0.1, 0.15) is 0 Å². The molecule has 1 fully saturated rings. The smallest absolute Gasteiger partial charge is 0.221 e. The van der Waals surface area contributed by atoms with E-state index in [1.165, 1.54) is 0 Å². The summed E-state index contributed by atoms with van der Waals surface area (Å²) >= 11 is 0. The van der Waals surface area contributed by atoms with Gasteiger partial charge in [-0.3, -0.25) is 4.79 Å². The van der Waals surface area contributed by atoms with E-state index in [0.717, 1.165) is 24.3 Å². The van der Waals surface area contributed by atoms with Gasteiger partial charge in [0.15, 0.2) is 5.76 Å². The average Bonchev–Trinajstić information content (AvgIpc) is 2.95. The Kier molecular flexibility index (Phi) is 3.56. The Hall–Kier alpha value is -1.36. The van der Waals surface area contributed by atoms with Crippen LogP contribution >= 0.6 is 0 Å². The summed E-state index contributed by atoms with van der Waals surface area (Å²) in [7, 11) is 0. The third kappa shape index (κ3) is 3.66. The number of carbonyl (C=O) groups excluding carboxylic acids is 1. The van der Waals surface area contributed by atoms with Crippen LogP contribution in [0.1, 0.15) is 30.7 Å². The van der Waals surface area contributed by atoms with Gasteiger partial charge >= 0.3 is 0 Å². The highest BCUT2D eigenvalue weighted by molar-refractivity contribution is 5.76. The van der Waals surface area contributed by atoms with Gasteiger partial charge in [-0.25, -0.2) is 0 Å². The Morgan fingerprint density at radius 1 is 1.62 bits per heavy atom. The summed E-state index contributed by atoms with van der Waals surface area (Å²) in [5.41, 5.74) is 0.878. The van der Waals surface area contributed by atoms with Gasteiger partial charge in [0.25, 0.3) is 0 Å². The number of aryl methyl sites for hydroxylation is 1. The van der Waals surface area contributed by atoms with Gasteiger partial charge < -0.3 is 15.2 Å². The normalized spacial score (nSPS) is 15.1. The SMILES string of the molecule is Cc1cc(CNCCC(=O)NC2CC2)on1. The highest BCUT2D eigenvalue weighted by atomic mass is 16.5. The van der Waals surface area contributed by atoms with Crippen LogP contribution in [0.3, 0.4) is 0 Å². The summed E-state index contributed by atoms with van der Waals surface area (Å²) in [5.74, 6) is 0.934. The maximum Gasteiger partial charge on any atom is 0.221 e. The summed E-state index contributed by atoms with van der Waals surface area (Å²) in [6.07, 6.45) is 2.79. The molecule has 0 saturated heterocycles. The summed E-state index contributed by atoms with van der Waals surface area (Å²) in [6.45, 7) is 3.17. The highest BCUT2D eigenvalue weighted by Gasteiger charge is 2.22. The van der Waals surface area contributed by atoms with Crippen LogP contribution < -0.4 is 10.6 Å². The first-order chi connectivity index (χ1) is 7.74. The second-order valence-electron chi connectivity index (χ2n) is 4.20. The van der Waals surface area contributed by atoms with E-state index < -0.39 is 0 Å². The van der Waals surface area contributed by atoms with Gasteiger partial charge in [-0.1, -0.05) is 5.16 Å². The number of rotatable bonds is 6. The maximum absolute atomic E-state index is 11.3. The minimum absolute atomic E-state index is 0.128. The fourth-order valence-electron chi connectivity index (χ4n) is 1.44. The zero-order valence-corrected chi connectivity index (χ0v) is 9.45. The van der Waals surface area contributed by atoms with Crippen LogP contribution in [0.2, 0.25) is 0 Å². The van der Waals surface area contributed by atoms with Crippen molar-refractivity contribution in [2.24, 2.45) is 0 Å². The first-order valence-corrected chi connectivity index (χ1v) is 5.66. The molecule has 1 aromatic rings. The van der Waals surface area contributed by atoms with Crippen molar-refractivity contribution in [2.75, 3.05) is 6.54 Å². The Labute approximate surface area is 94.6 Å². The molecule has 5 heteroatoms. The van der Waals surface area contributed by atoms with Crippen molar-refractivity contribution in [2.45, 2.75) is 38.8 Å². The van der Waals surface area contributed by atoms with Crippen molar-refractivity contribution in [1.82, 2.24) is 15.8 Å². The molecule has 0 radical (unpaired) electrons. The van der Waals surface area contributed by atoms with Crippen LogP contribution in [-0.2, 0) is 11.3 Å². The molecule has 0 atom stereocenters. The van der Waals surface area contributed by atoms with Crippen molar-refractivity contribution in [1.29, 1.82) is 0 Å². The van der Waals surface area contributed by atoms with Crippen LogP contribution in [-0.4, -0.2) is 23.7 Å². The lowest BCUT2D eigenvalue weighted by Gasteiger charge is -2.03. The number of amides is 1. The Bertz CT molecular complexity index is 358. The molecular formula is C11H17N3O2. The van der Waals surface area contributed by atoms with E-state index in [9.17, 15) is 4.79 Å². The first kappa shape index (κ1) is 11.1. The van der Waals surface area contributed by atoms with Crippen LogP contribution in [0.5, 0.6) is 0 Å². The van der Waals surface area contributed by atoms with E-state index in [2.05, 4.69) is 15.8 Å². The monoisotopic (exact) mass is 223 g/mol. The molecule has 5 nitrogen and oxygen atoms in total. The maximum atomic E-state index is 11.3. The van der Waals surface area contributed by atoms with E-state index in [4.69, 9.17) is 4.52 Å². The van der Waals surface area contributed by atoms with Gasteiger partial charge in [-0.05, 0) is 19.8 Å². The zero-order valence-electron chi connectivity index (χ0n) is 9.45. The van der Waals surface area contributed by atoms with Crippen molar-refractivity contribution in [3.8, 4) is 0 Å². The lowest BCUT2D eigenvalue weighted by molar-refractivity contribution is -0.121. The van der Waals surface area contributed by atoms with E-state index in [0.29, 0.717) is 25.6 Å². The molecule has 2 rings (SSSR count). The molecule has 2 N–H and O–H groups in total. The van der Waals surface area contributed by atoms with E-state index >= 15 is 0 Å². The molecule has 1 aromatic heterocycles. The first-order valence-electron chi connectivity index (χ1n) is 5.66. The van der Waals surface area contributed by atoms with Gasteiger partial charge in [0.05, 0.1) is 12.2 Å². The minimum atomic E-state index is 0.128. The largest absolute Gasteiger partial charge is 0.360 e. The second-order valence-corrected chi connectivity index (χ2v) is 4.20. The number of nitrogens with zero attached hydrogens (tertiary/aromatic N) is 1. The lowest BCUT2D eigenvalue weighted by Crippen LogP contribution is -2.28. The van der Waals surface area contributed by atoms with Crippen LogP contribution in [0.4, 0.5) is 0 Å². The van der Waals surface area contributed by atoms with Gasteiger partial charge in [-0.15, -0.1) is 0 Å². The molecule has 0 bridgehead atoms. The number of hydrogen-bond acceptors (Lipinski definition) is 4. The van der Waals surface area contributed by atoms with Crippen molar-refractivity contribution in [3.05, 3.63) is 17.5 Å². The lowest BCUT2D eigenvalue weighted by atomic mass is 10.3. The fraction of sp³-hybridized carbons (Fsp3) is 0.636. The fourth-order valence-corrected chi connectivity index (χ4v) is 1.44. The number of carbonyl (C=O) groups is 1. The Morgan fingerprint density at radius 3 is 3.06 bits per heavy atom. The number of hydrogen-bond donors (Lipinski definition) is 2. The average molecular weight is 223 g/mol. The predicted octanol–water partition coefficient (Wildman–Crippen LogP) is 0.741. The quantitative estimate of drug-likeness (QED) is 0.698. The highest BCUT2D eigenvalue weighted by Crippen LogP contribution is 2.18. The van der Waals surface area contributed by atoms with E-state index in [-0.39, 0.29) is 5.91 Å². The summed E-state index contributed by atoms with van der Waals surface area (Å²) < 4.78 is 5.03. The molecule has 0 unspecified atom stereocenters. The Morgan fingerprint density at radius 2 is 2.44 bits per heavy atom. The number of aromatic nitrogens is 1. The Balaban J connectivity index is 1.55. The van der Waals surface area contributed by atoms with Crippen molar-refractivity contribution < 1.29 is 9.32 Å². The summed E-state index contributed by atoms with van der Waals surface area (Å²) in [6, 6.07) is 2.33. The molecule has 1 saturated carbocycles. The minimum Gasteiger partial charge on any atom is -0.360 e. The molecule has 16 heavy (non-hydrogen) atoms.